The maximum Gasteiger partial charge on any atom is 0.134 e. The third-order valence-corrected chi connectivity index (χ3v) is 6.10. The van der Waals surface area contributed by atoms with Crippen molar-refractivity contribution in [3.63, 3.8) is 0 Å². The molecule has 1 aliphatic rings. The number of Topliss-reactive ketones (excluding diaryl/α,β-unsaturated/α-hetero) is 1. The fraction of sp³-hybridized carbons (Fsp3) is 0.452. The highest BCUT2D eigenvalue weighted by atomic mass is 16.3. The Morgan fingerprint density at radius 3 is 2.17 bits per heavy atom. The van der Waals surface area contributed by atoms with Crippen LogP contribution in [0.3, 0.4) is 0 Å². The summed E-state index contributed by atoms with van der Waals surface area (Å²) in [4.78, 5) is 14.6. The van der Waals surface area contributed by atoms with E-state index in [0.717, 1.165) is 25.9 Å². The van der Waals surface area contributed by atoms with Crippen molar-refractivity contribution in [1.82, 2.24) is 4.57 Å². The summed E-state index contributed by atoms with van der Waals surface area (Å²) in [5, 5.41) is 9.82. The van der Waals surface area contributed by atoms with Gasteiger partial charge in [0, 0.05) is 37.6 Å². The van der Waals surface area contributed by atoms with Gasteiger partial charge in [0.1, 0.15) is 5.78 Å². The second-order valence-electron chi connectivity index (χ2n) is 10.5. The van der Waals surface area contributed by atoms with Crippen molar-refractivity contribution in [3.05, 3.63) is 52.7 Å². The number of carbonyl (C=O) groups excluding carboxylic acids is 1. The van der Waals surface area contributed by atoms with E-state index in [0.29, 0.717) is 6.42 Å². The van der Waals surface area contributed by atoms with Gasteiger partial charge in [0.25, 0.3) is 0 Å². The number of anilines is 1. The molecule has 0 unspecified atom stereocenters. The third-order valence-electron chi connectivity index (χ3n) is 6.10. The lowest BCUT2D eigenvalue weighted by molar-refractivity contribution is -0.116. The smallest absolute Gasteiger partial charge is 0.134 e. The Morgan fingerprint density at radius 1 is 1.09 bits per heavy atom. The molecule has 2 aromatic carbocycles. The predicted molar refractivity (Wildman–Crippen MR) is 150 cm³/mol. The first-order valence-corrected chi connectivity index (χ1v) is 12.4. The van der Waals surface area contributed by atoms with Gasteiger partial charge in [0.2, 0.25) is 0 Å². The van der Waals surface area contributed by atoms with Crippen LogP contribution in [0.5, 0.6) is 0 Å². The molecular weight excluding hydrogens is 432 g/mol. The van der Waals surface area contributed by atoms with Crippen molar-refractivity contribution in [2.45, 2.75) is 79.9 Å². The molecule has 35 heavy (non-hydrogen) atoms. The highest BCUT2D eigenvalue weighted by Crippen LogP contribution is 2.44. The molecule has 1 aliphatic heterocycles. The van der Waals surface area contributed by atoms with Crippen LogP contribution >= 0.6 is 0 Å². The van der Waals surface area contributed by atoms with E-state index in [1.165, 1.54) is 50.1 Å². The van der Waals surface area contributed by atoms with Gasteiger partial charge in [-0.15, -0.1) is 12.8 Å². The second-order valence-corrected chi connectivity index (χ2v) is 10.5. The molecule has 0 radical (unpaired) electrons. The van der Waals surface area contributed by atoms with Crippen molar-refractivity contribution in [2.24, 2.45) is 0 Å². The van der Waals surface area contributed by atoms with E-state index in [4.69, 9.17) is 5.11 Å². The highest BCUT2D eigenvalue weighted by Gasteiger charge is 2.27. The van der Waals surface area contributed by atoms with Crippen molar-refractivity contribution in [1.29, 1.82) is 0 Å². The van der Waals surface area contributed by atoms with Gasteiger partial charge >= 0.3 is 0 Å². The third kappa shape index (κ3) is 6.55. The van der Waals surface area contributed by atoms with Crippen molar-refractivity contribution < 1.29 is 9.90 Å². The standard InChI is InChI=1S/C25H30N2O.C4H10O.C2H2/c1-6-7-20-15-22-23(19-10-8-16(2)9-11-19)21(14-17(3)28)18(4)24-25(22)27(20)13-12-26(24)5;1-4(2,3)5;1-2/h8-11,15H,6-7,12-14H2,1-5H3;5H,1-3H3;1-2H. The van der Waals surface area contributed by atoms with Crippen LogP contribution in [-0.4, -0.2) is 34.7 Å². The van der Waals surface area contributed by atoms with Crippen LogP contribution in [0.4, 0.5) is 5.69 Å². The summed E-state index contributed by atoms with van der Waals surface area (Å²) in [6, 6.07) is 11.1. The average Bonchev–Trinajstić information content (AvgIpc) is 3.12. The maximum atomic E-state index is 12.2. The van der Waals surface area contributed by atoms with Crippen LogP contribution in [0, 0.1) is 26.7 Å². The van der Waals surface area contributed by atoms with Gasteiger partial charge in [-0.3, -0.25) is 4.79 Å². The molecular formula is C31H42N2O2. The first-order chi connectivity index (χ1) is 16.4. The number of aromatic nitrogens is 1. The van der Waals surface area contributed by atoms with Gasteiger partial charge in [0.15, 0.2) is 0 Å². The number of likely N-dealkylation sites (N-methyl/N-ethyl adjacent to an activating group) is 1. The molecule has 0 saturated heterocycles. The first kappa shape index (κ1) is 28.2. The van der Waals surface area contributed by atoms with Gasteiger partial charge in [-0.1, -0.05) is 43.2 Å². The van der Waals surface area contributed by atoms with Crippen molar-refractivity contribution >= 4 is 22.4 Å². The predicted octanol–water partition coefficient (Wildman–Crippen LogP) is 6.49. The van der Waals surface area contributed by atoms with E-state index in [9.17, 15) is 4.79 Å². The molecule has 0 saturated carbocycles. The molecule has 1 aromatic heterocycles. The molecule has 0 fully saturated rings. The first-order valence-electron chi connectivity index (χ1n) is 12.4. The van der Waals surface area contributed by atoms with Gasteiger partial charge in [-0.05, 0) is 76.3 Å². The number of ketones is 1. The van der Waals surface area contributed by atoms with Crippen molar-refractivity contribution in [2.75, 3.05) is 18.5 Å². The van der Waals surface area contributed by atoms with Gasteiger partial charge in [-0.2, -0.15) is 0 Å². The summed E-state index contributed by atoms with van der Waals surface area (Å²) in [7, 11) is 2.18. The van der Waals surface area contributed by atoms with E-state index < -0.39 is 5.60 Å². The topological polar surface area (TPSA) is 45.5 Å². The van der Waals surface area contributed by atoms with E-state index in [-0.39, 0.29) is 5.78 Å². The van der Waals surface area contributed by atoms with E-state index in [2.05, 4.69) is 80.5 Å². The number of terminal acetylenes is 1. The van der Waals surface area contributed by atoms with Crippen LogP contribution in [0.15, 0.2) is 30.3 Å². The summed E-state index contributed by atoms with van der Waals surface area (Å²) < 4.78 is 2.52. The minimum atomic E-state index is -0.500. The molecule has 2 heterocycles. The summed E-state index contributed by atoms with van der Waals surface area (Å²) in [6.45, 7) is 15.5. The van der Waals surface area contributed by atoms with E-state index in [1.807, 2.05) is 0 Å². The second kappa shape index (κ2) is 11.6. The lowest BCUT2D eigenvalue weighted by atomic mass is 9.88. The van der Waals surface area contributed by atoms with Crippen LogP contribution in [-0.2, 0) is 24.2 Å². The Bertz CT molecular complexity index is 1190. The molecule has 4 heteroatoms. The number of nitrogens with zero attached hydrogens (tertiary/aromatic N) is 2. The Balaban J connectivity index is 0.000000551. The fourth-order valence-corrected chi connectivity index (χ4v) is 4.79. The molecule has 4 nitrogen and oxygen atoms in total. The van der Waals surface area contributed by atoms with E-state index in [1.54, 1.807) is 27.7 Å². The quantitative estimate of drug-likeness (QED) is 0.430. The molecule has 0 amide bonds. The minimum Gasteiger partial charge on any atom is -0.391 e. The number of carbonyl (C=O) groups is 1. The number of benzene rings is 2. The number of hydrogen-bond donors (Lipinski definition) is 1. The number of rotatable bonds is 5. The lowest BCUT2D eigenvalue weighted by Crippen LogP contribution is -2.29. The zero-order valence-corrected chi connectivity index (χ0v) is 22.8. The van der Waals surface area contributed by atoms with Gasteiger partial charge in [-0.25, -0.2) is 0 Å². The van der Waals surface area contributed by atoms with Crippen LogP contribution in [0.1, 0.15) is 63.4 Å². The van der Waals surface area contributed by atoms with Crippen LogP contribution in [0.2, 0.25) is 0 Å². The minimum absolute atomic E-state index is 0.217. The zero-order chi connectivity index (χ0) is 26.5. The Morgan fingerprint density at radius 2 is 1.66 bits per heavy atom. The zero-order valence-electron chi connectivity index (χ0n) is 22.8. The van der Waals surface area contributed by atoms with Crippen LogP contribution < -0.4 is 4.90 Å². The van der Waals surface area contributed by atoms with Crippen molar-refractivity contribution in [3.8, 4) is 24.0 Å². The SMILES string of the molecule is C#C.CC(C)(C)O.CCCc1cc2c(-c3ccc(C)cc3)c(CC(C)=O)c(C)c3c2n1CCN3C. The summed E-state index contributed by atoms with van der Waals surface area (Å²) in [6.07, 6.45) is 10.7. The molecule has 0 spiro atoms. The number of aryl methyl sites for hydroxylation is 2. The number of aliphatic hydroxyl groups is 1. The monoisotopic (exact) mass is 474 g/mol. The molecule has 0 bridgehead atoms. The lowest BCUT2D eigenvalue weighted by Gasteiger charge is -2.31. The summed E-state index contributed by atoms with van der Waals surface area (Å²) in [5.74, 6) is 0.217. The van der Waals surface area contributed by atoms with Gasteiger partial charge < -0.3 is 14.6 Å². The molecule has 0 aliphatic carbocycles. The molecule has 3 aromatic rings. The maximum absolute atomic E-state index is 12.2. The molecule has 4 rings (SSSR count). The fourth-order valence-electron chi connectivity index (χ4n) is 4.79. The number of hydrogen-bond acceptors (Lipinski definition) is 3. The Hall–Kier alpha value is -3.03. The largest absolute Gasteiger partial charge is 0.391 e. The molecule has 0 atom stereocenters. The normalized spacial score (nSPS) is 12.5. The average molecular weight is 475 g/mol. The summed E-state index contributed by atoms with van der Waals surface area (Å²) >= 11 is 0. The van der Waals surface area contributed by atoms with Crippen LogP contribution in [0.25, 0.3) is 22.0 Å². The van der Waals surface area contributed by atoms with E-state index >= 15 is 0 Å². The molecule has 1 N–H and O–H groups in total. The highest BCUT2D eigenvalue weighted by molar-refractivity contribution is 6.07. The Kier molecular flexibility index (Phi) is 9.35. The molecule has 188 valence electrons. The Labute approximate surface area is 212 Å². The van der Waals surface area contributed by atoms with Gasteiger partial charge in [0.05, 0.1) is 16.8 Å². The summed E-state index contributed by atoms with van der Waals surface area (Å²) in [5.41, 5.74) is 9.72.